The quantitative estimate of drug-likeness (QED) is 0.782. The Bertz CT molecular complexity index is 465. The fourth-order valence-corrected chi connectivity index (χ4v) is 1.83. The Kier molecular flexibility index (Phi) is 4.73. The van der Waals surface area contributed by atoms with Gasteiger partial charge < -0.3 is 15.6 Å². The molecular weight excluding hydrogens is 368 g/mol. The maximum absolute atomic E-state index is 12.3. The lowest BCUT2D eigenvalue weighted by Crippen LogP contribution is -2.21. The standard InChI is InChI=1S/C9H8F3IN2O3/c10-9(11,12)18-8-4(1-7(16)17)5(13)3-15-6(8)2-14/h3H,1-2,14H2,(H,16,17). The Balaban J connectivity index is 3.31. The number of hydrogen-bond acceptors (Lipinski definition) is 4. The molecule has 0 aliphatic carbocycles. The second-order valence-electron chi connectivity index (χ2n) is 3.18. The molecule has 0 amide bonds. The Morgan fingerprint density at radius 3 is 2.61 bits per heavy atom. The molecule has 0 saturated heterocycles. The van der Waals surface area contributed by atoms with E-state index in [1.165, 1.54) is 6.20 Å². The molecule has 0 aliphatic rings. The predicted octanol–water partition coefficient (Wildman–Crippen LogP) is 1.67. The van der Waals surface area contributed by atoms with Gasteiger partial charge in [-0.3, -0.25) is 9.78 Å². The number of carboxylic acids is 1. The van der Waals surface area contributed by atoms with Crippen molar-refractivity contribution in [2.75, 3.05) is 0 Å². The van der Waals surface area contributed by atoms with Gasteiger partial charge in [-0.2, -0.15) is 0 Å². The number of carboxylic acid groups (broad SMARTS) is 1. The first-order valence-electron chi connectivity index (χ1n) is 4.58. The van der Waals surface area contributed by atoms with E-state index in [2.05, 4.69) is 9.72 Å². The zero-order valence-corrected chi connectivity index (χ0v) is 10.9. The molecule has 0 radical (unpaired) electrons. The molecule has 1 aromatic rings. The molecule has 5 nitrogen and oxygen atoms in total. The number of halogens is 4. The molecule has 1 rings (SSSR count). The maximum atomic E-state index is 12.3. The summed E-state index contributed by atoms with van der Waals surface area (Å²) >= 11 is 1.69. The Morgan fingerprint density at radius 1 is 1.56 bits per heavy atom. The van der Waals surface area contributed by atoms with Gasteiger partial charge in [-0.1, -0.05) is 0 Å². The second-order valence-corrected chi connectivity index (χ2v) is 4.35. The van der Waals surface area contributed by atoms with E-state index in [-0.39, 0.29) is 21.4 Å². The number of hydrogen-bond donors (Lipinski definition) is 2. The minimum Gasteiger partial charge on any atom is -0.481 e. The summed E-state index contributed by atoms with van der Waals surface area (Å²) in [5.41, 5.74) is 5.04. The van der Waals surface area contributed by atoms with Crippen molar-refractivity contribution in [2.24, 2.45) is 5.73 Å². The minimum atomic E-state index is -4.93. The van der Waals surface area contributed by atoms with Crippen molar-refractivity contribution in [3.05, 3.63) is 21.0 Å². The van der Waals surface area contributed by atoms with Gasteiger partial charge in [0.25, 0.3) is 0 Å². The van der Waals surface area contributed by atoms with Crippen molar-refractivity contribution in [1.29, 1.82) is 0 Å². The first-order chi connectivity index (χ1) is 8.24. The molecule has 1 heterocycles. The summed E-state index contributed by atoms with van der Waals surface area (Å²) in [6.07, 6.45) is -4.27. The number of rotatable bonds is 4. The largest absolute Gasteiger partial charge is 0.573 e. The highest BCUT2D eigenvalue weighted by Gasteiger charge is 2.34. The molecule has 1 aromatic heterocycles. The van der Waals surface area contributed by atoms with Crippen molar-refractivity contribution >= 4 is 28.6 Å². The highest BCUT2D eigenvalue weighted by Crippen LogP contribution is 2.32. The molecule has 3 N–H and O–H groups in total. The highest BCUT2D eigenvalue weighted by molar-refractivity contribution is 14.1. The summed E-state index contributed by atoms with van der Waals surface area (Å²) in [7, 11) is 0. The van der Waals surface area contributed by atoms with Gasteiger partial charge in [-0.25, -0.2) is 0 Å². The zero-order chi connectivity index (χ0) is 13.9. The minimum absolute atomic E-state index is 0.0872. The summed E-state index contributed by atoms with van der Waals surface area (Å²) in [6, 6.07) is 0. The van der Waals surface area contributed by atoms with E-state index in [0.717, 1.165) is 0 Å². The van der Waals surface area contributed by atoms with Crippen LogP contribution >= 0.6 is 22.6 Å². The van der Waals surface area contributed by atoms with Crippen LogP contribution in [-0.4, -0.2) is 22.4 Å². The first-order valence-corrected chi connectivity index (χ1v) is 5.66. The molecule has 0 unspecified atom stereocenters. The summed E-state index contributed by atoms with van der Waals surface area (Å²) in [5.74, 6) is -1.89. The molecule has 0 spiro atoms. The molecule has 0 aliphatic heterocycles. The Morgan fingerprint density at radius 2 is 2.17 bits per heavy atom. The monoisotopic (exact) mass is 376 g/mol. The van der Waals surface area contributed by atoms with Crippen LogP contribution in [0.5, 0.6) is 5.75 Å². The average Bonchev–Trinajstić information content (AvgIpc) is 2.21. The van der Waals surface area contributed by atoms with Gasteiger partial charge in [-0.15, -0.1) is 13.2 Å². The number of pyridine rings is 1. The van der Waals surface area contributed by atoms with Gasteiger partial charge in [-0.05, 0) is 22.6 Å². The molecule has 0 fully saturated rings. The van der Waals surface area contributed by atoms with Crippen molar-refractivity contribution in [3.8, 4) is 5.75 Å². The predicted molar refractivity (Wildman–Crippen MR) is 62.9 cm³/mol. The number of nitrogens with zero attached hydrogens (tertiary/aromatic N) is 1. The van der Waals surface area contributed by atoms with Gasteiger partial charge in [0.15, 0.2) is 5.75 Å². The topological polar surface area (TPSA) is 85.4 Å². The number of aliphatic carboxylic acids is 1. The van der Waals surface area contributed by atoms with Crippen LogP contribution < -0.4 is 10.5 Å². The third-order valence-corrected chi connectivity index (χ3v) is 2.83. The molecular formula is C9H8F3IN2O3. The van der Waals surface area contributed by atoms with Crippen molar-refractivity contribution in [1.82, 2.24) is 4.98 Å². The van der Waals surface area contributed by atoms with Gasteiger partial charge in [0.1, 0.15) is 0 Å². The van der Waals surface area contributed by atoms with Crippen molar-refractivity contribution < 1.29 is 27.8 Å². The Labute approximate surface area is 113 Å². The lowest BCUT2D eigenvalue weighted by atomic mass is 10.1. The van der Waals surface area contributed by atoms with E-state index in [1.54, 1.807) is 22.6 Å². The number of ether oxygens (including phenoxy) is 1. The van der Waals surface area contributed by atoms with Crippen molar-refractivity contribution in [3.63, 3.8) is 0 Å². The summed E-state index contributed by atoms with van der Waals surface area (Å²) in [5, 5.41) is 8.69. The van der Waals surface area contributed by atoms with Gasteiger partial charge in [0.05, 0.1) is 12.1 Å². The smallest absolute Gasteiger partial charge is 0.481 e. The first kappa shape index (κ1) is 15.0. The molecule has 9 heteroatoms. The fourth-order valence-electron chi connectivity index (χ4n) is 1.25. The normalized spacial score (nSPS) is 11.4. The van der Waals surface area contributed by atoms with E-state index in [1.807, 2.05) is 0 Å². The molecule has 18 heavy (non-hydrogen) atoms. The van der Waals surface area contributed by atoms with Crippen molar-refractivity contribution in [2.45, 2.75) is 19.3 Å². The summed E-state index contributed by atoms with van der Waals surface area (Å²) < 4.78 is 40.9. The van der Waals surface area contributed by atoms with Crippen LogP contribution in [0.15, 0.2) is 6.20 Å². The summed E-state index contributed by atoms with van der Waals surface area (Å²) in [6.45, 7) is -0.283. The molecule has 0 aromatic carbocycles. The molecule has 0 atom stereocenters. The number of nitrogens with two attached hydrogens (primary N) is 1. The van der Waals surface area contributed by atoms with E-state index in [0.29, 0.717) is 0 Å². The van der Waals surface area contributed by atoms with E-state index in [4.69, 9.17) is 10.8 Å². The number of alkyl halides is 3. The number of aromatic nitrogens is 1. The van der Waals surface area contributed by atoms with Crippen LogP contribution in [0.25, 0.3) is 0 Å². The van der Waals surface area contributed by atoms with Crippen LogP contribution in [-0.2, 0) is 17.8 Å². The lowest BCUT2D eigenvalue weighted by Gasteiger charge is -2.16. The van der Waals surface area contributed by atoms with Crippen LogP contribution in [0.4, 0.5) is 13.2 Å². The SMILES string of the molecule is NCc1ncc(I)c(CC(=O)O)c1OC(F)(F)F. The lowest BCUT2D eigenvalue weighted by molar-refractivity contribution is -0.275. The number of carbonyl (C=O) groups is 1. The van der Waals surface area contributed by atoms with Crippen LogP contribution in [0.3, 0.4) is 0 Å². The second kappa shape index (κ2) is 5.69. The highest BCUT2D eigenvalue weighted by atomic mass is 127. The van der Waals surface area contributed by atoms with Gasteiger partial charge in [0, 0.05) is 21.9 Å². The molecule has 0 bridgehead atoms. The van der Waals surface area contributed by atoms with E-state index in [9.17, 15) is 18.0 Å². The summed E-state index contributed by atoms with van der Waals surface area (Å²) in [4.78, 5) is 14.3. The average molecular weight is 376 g/mol. The van der Waals surface area contributed by atoms with Crippen LogP contribution in [0, 0.1) is 3.57 Å². The Hall–Kier alpha value is -1.10. The van der Waals surface area contributed by atoms with E-state index >= 15 is 0 Å². The van der Waals surface area contributed by atoms with Gasteiger partial charge >= 0.3 is 12.3 Å². The van der Waals surface area contributed by atoms with E-state index < -0.39 is 24.5 Å². The van der Waals surface area contributed by atoms with Crippen LogP contribution in [0.1, 0.15) is 11.3 Å². The van der Waals surface area contributed by atoms with Crippen LogP contribution in [0.2, 0.25) is 0 Å². The van der Waals surface area contributed by atoms with Gasteiger partial charge in [0.2, 0.25) is 0 Å². The molecule has 0 saturated carbocycles. The third kappa shape index (κ3) is 3.98. The maximum Gasteiger partial charge on any atom is 0.573 e. The third-order valence-electron chi connectivity index (χ3n) is 1.90. The zero-order valence-electron chi connectivity index (χ0n) is 8.79. The fraction of sp³-hybridized carbons (Fsp3) is 0.333. The molecule has 100 valence electrons.